The third-order valence-corrected chi connectivity index (χ3v) is 9.96. The molecular formula is C39H28BrN3. The summed E-state index contributed by atoms with van der Waals surface area (Å²) in [6.45, 7) is 4.71. The number of nitrogens with zero attached hydrogens (tertiary/aromatic N) is 2. The van der Waals surface area contributed by atoms with E-state index in [-0.39, 0.29) is 11.7 Å². The van der Waals surface area contributed by atoms with E-state index in [9.17, 15) is 0 Å². The van der Waals surface area contributed by atoms with E-state index < -0.39 is 0 Å². The van der Waals surface area contributed by atoms with Crippen molar-refractivity contribution in [3.05, 3.63) is 148 Å². The van der Waals surface area contributed by atoms with Gasteiger partial charge in [0.1, 0.15) is 0 Å². The van der Waals surface area contributed by atoms with Gasteiger partial charge in [-0.1, -0.05) is 121 Å². The van der Waals surface area contributed by atoms with Crippen molar-refractivity contribution in [2.45, 2.75) is 25.6 Å². The van der Waals surface area contributed by atoms with Crippen LogP contribution in [0.5, 0.6) is 0 Å². The van der Waals surface area contributed by atoms with Gasteiger partial charge in [-0.3, -0.25) is 0 Å². The summed E-state index contributed by atoms with van der Waals surface area (Å²) in [6, 6.07) is 43.8. The second-order valence-corrected chi connectivity index (χ2v) is 13.1. The van der Waals surface area contributed by atoms with Crippen LogP contribution in [0.4, 0.5) is 5.69 Å². The number of nitrogens with one attached hydrogen (secondary N) is 1. The summed E-state index contributed by atoms with van der Waals surface area (Å²) in [5.41, 5.74) is 12.1. The Morgan fingerprint density at radius 2 is 1.42 bits per heavy atom. The van der Waals surface area contributed by atoms with E-state index in [1.807, 2.05) is 0 Å². The average Bonchev–Trinajstić information content (AvgIpc) is 3.49. The van der Waals surface area contributed by atoms with Crippen LogP contribution < -0.4 is 5.32 Å². The van der Waals surface area contributed by atoms with Gasteiger partial charge >= 0.3 is 0 Å². The fourth-order valence-corrected chi connectivity index (χ4v) is 7.87. The molecule has 0 amide bonds. The van der Waals surface area contributed by atoms with Crippen molar-refractivity contribution in [3.8, 4) is 11.1 Å². The van der Waals surface area contributed by atoms with Crippen LogP contribution in [0, 0.1) is 0 Å². The minimum Gasteiger partial charge on any atom is -0.346 e. The van der Waals surface area contributed by atoms with Crippen molar-refractivity contribution >= 4 is 59.9 Å². The van der Waals surface area contributed by atoms with E-state index in [1.54, 1.807) is 0 Å². The van der Waals surface area contributed by atoms with E-state index in [0.29, 0.717) is 0 Å². The molecule has 2 heterocycles. The predicted octanol–water partition coefficient (Wildman–Crippen LogP) is 10.4. The zero-order valence-corrected chi connectivity index (χ0v) is 25.5. The normalized spacial score (nSPS) is 16.5. The van der Waals surface area contributed by atoms with E-state index in [0.717, 1.165) is 32.5 Å². The maximum Gasteiger partial charge on any atom is 0.201 e. The second kappa shape index (κ2) is 8.92. The van der Waals surface area contributed by atoms with Crippen LogP contribution in [0.25, 0.3) is 43.7 Å². The van der Waals surface area contributed by atoms with Gasteiger partial charge in [-0.2, -0.15) is 0 Å². The van der Waals surface area contributed by atoms with Crippen molar-refractivity contribution in [2.24, 2.45) is 4.99 Å². The molecule has 2 aliphatic rings. The van der Waals surface area contributed by atoms with Crippen molar-refractivity contribution in [1.29, 1.82) is 0 Å². The maximum atomic E-state index is 5.43. The number of para-hydroxylation sites is 1. The van der Waals surface area contributed by atoms with E-state index >= 15 is 0 Å². The minimum atomic E-state index is -0.316. The van der Waals surface area contributed by atoms with Crippen LogP contribution in [0.2, 0.25) is 0 Å². The Kier molecular flexibility index (Phi) is 5.16. The Hall–Kier alpha value is -4.67. The van der Waals surface area contributed by atoms with Crippen LogP contribution in [0.3, 0.4) is 0 Å². The highest BCUT2D eigenvalue weighted by molar-refractivity contribution is 9.10. The minimum absolute atomic E-state index is 0.0647. The molecule has 6 aromatic carbocycles. The maximum absolute atomic E-state index is 5.43. The number of benzene rings is 6. The van der Waals surface area contributed by atoms with Gasteiger partial charge in [0.15, 0.2) is 0 Å². The third-order valence-electron chi connectivity index (χ3n) is 9.46. The molecule has 7 aromatic rings. The fraction of sp³-hybridized carbons (Fsp3) is 0.103. The van der Waals surface area contributed by atoms with Crippen LogP contribution in [-0.2, 0) is 5.41 Å². The second-order valence-electron chi connectivity index (χ2n) is 12.2. The summed E-state index contributed by atoms with van der Waals surface area (Å²) >= 11 is 3.80. The molecule has 0 saturated carbocycles. The zero-order chi connectivity index (χ0) is 28.9. The summed E-state index contributed by atoms with van der Waals surface area (Å²) in [7, 11) is 0. The van der Waals surface area contributed by atoms with Gasteiger partial charge in [-0.15, -0.1) is 0 Å². The topological polar surface area (TPSA) is 29.3 Å². The zero-order valence-electron chi connectivity index (χ0n) is 23.9. The van der Waals surface area contributed by atoms with E-state index in [4.69, 9.17) is 4.99 Å². The van der Waals surface area contributed by atoms with Gasteiger partial charge in [0, 0.05) is 37.5 Å². The smallest absolute Gasteiger partial charge is 0.201 e. The number of aromatic nitrogens is 1. The Morgan fingerprint density at radius 3 is 2.28 bits per heavy atom. The summed E-state index contributed by atoms with van der Waals surface area (Å²) in [5.74, 6) is 0. The Morgan fingerprint density at radius 1 is 0.698 bits per heavy atom. The van der Waals surface area contributed by atoms with Crippen LogP contribution in [0.15, 0.2) is 131 Å². The summed E-state index contributed by atoms with van der Waals surface area (Å²) < 4.78 is 3.46. The third kappa shape index (κ3) is 3.44. The number of anilines is 1. The molecule has 3 nitrogen and oxygen atoms in total. The number of fused-ring (bicyclic) bond motifs is 10. The SMILES string of the molecule is CC1(C)c2ccccc2-c2c1ccc1ccc3c(c4cc(Br)ccc4n3C3N=C(c4ccccc4)c4ccccc4N3)c21. The van der Waals surface area contributed by atoms with Crippen molar-refractivity contribution < 1.29 is 0 Å². The number of aliphatic imine (C=N–C) groups is 1. The van der Waals surface area contributed by atoms with Crippen LogP contribution >= 0.6 is 15.9 Å². The first-order valence-corrected chi connectivity index (χ1v) is 15.6. The van der Waals surface area contributed by atoms with E-state index in [2.05, 4.69) is 161 Å². The largest absolute Gasteiger partial charge is 0.346 e. The van der Waals surface area contributed by atoms with Gasteiger partial charge in [-0.25, -0.2) is 4.99 Å². The molecule has 1 atom stereocenters. The number of halogens is 1. The lowest BCUT2D eigenvalue weighted by molar-refractivity contribution is 0.624. The fourth-order valence-electron chi connectivity index (χ4n) is 7.51. The first-order valence-electron chi connectivity index (χ1n) is 14.8. The average molecular weight is 619 g/mol. The van der Waals surface area contributed by atoms with Gasteiger partial charge in [0.25, 0.3) is 0 Å². The molecule has 0 saturated heterocycles. The lowest BCUT2D eigenvalue weighted by atomic mass is 9.82. The number of hydrogen-bond acceptors (Lipinski definition) is 2. The highest BCUT2D eigenvalue weighted by Crippen LogP contribution is 2.53. The van der Waals surface area contributed by atoms with Crippen molar-refractivity contribution in [2.75, 3.05) is 5.32 Å². The molecule has 43 heavy (non-hydrogen) atoms. The standard InChI is InChI=1S/C39H28BrN3/c1-39(2)29-14-8-6-12-26(29)35-30(39)19-16-23-17-20-33-36(34(23)35)28-22-25(40)18-21-32(28)43(33)38-41-31-15-9-7-13-27(31)37(42-38)24-10-4-3-5-11-24/h3-22,38,41H,1-2H3. The van der Waals surface area contributed by atoms with Crippen molar-refractivity contribution in [1.82, 2.24) is 4.57 Å². The molecule has 0 radical (unpaired) electrons. The summed E-state index contributed by atoms with van der Waals surface area (Å²) in [4.78, 5) is 5.43. The summed E-state index contributed by atoms with van der Waals surface area (Å²) in [5, 5.41) is 8.86. The monoisotopic (exact) mass is 617 g/mol. The van der Waals surface area contributed by atoms with Gasteiger partial charge < -0.3 is 9.88 Å². The molecule has 0 bridgehead atoms. The molecule has 0 fully saturated rings. The molecule has 1 aliphatic carbocycles. The summed E-state index contributed by atoms with van der Waals surface area (Å²) in [6.07, 6.45) is -0.316. The molecule has 1 aliphatic heterocycles. The van der Waals surface area contributed by atoms with Gasteiger partial charge in [-0.05, 0) is 63.4 Å². The molecule has 206 valence electrons. The molecule has 0 spiro atoms. The highest BCUT2D eigenvalue weighted by atomic mass is 79.9. The Bertz CT molecular complexity index is 2310. The lowest BCUT2D eigenvalue weighted by Gasteiger charge is -2.28. The molecule has 1 unspecified atom stereocenters. The Labute approximate surface area is 258 Å². The number of hydrogen-bond donors (Lipinski definition) is 1. The van der Waals surface area contributed by atoms with E-state index in [1.165, 1.54) is 49.3 Å². The first-order chi connectivity index (χ1) is 21.0. The number of rotatable bonds is 2. The van der Waals surface area contributed by atoms with Crippen molar-refractivity contribution in [3.63, 3.8) is 0 Å². The molecule has 4 heteroatoms. The quantitative estimate of drug-likeness (QED) is 0.205. The molecular weight excluding hydrogens is 590 g/mol. The van der Waals surface area contributed by atoms with Crippen LogP contribution in [-0.4, -0.2) is 10.3 Å². The molecule has 1 aromatic heterocycles. The predicted molar refractivity (Wildman–Crippen MR) is 183 cm³/mol. The highest BCUT2D eigenvalue weighted by Gasteiger charge is 2.37. The molecule has 1 N–H and O–H groups in total. The lowest BCUT2D eigenvalue weighted by Crippen LogP contribution is -2.24. The molecule has 9 rings (SSSR count). The van der Waals surface area contributed by atoms with Gasteiger partial charge in [0.05, 0.1) is 16.7 Å². The van der Waals surface area contributed by atoms with Gasteiger partial charge in [0.2, 0.25) is 6.29 Å². The first kappa shape index (κ1) is 24.9. The van der Waals surface area contributed by atoms with Crippen LogP contribution in [0.1, 0.15) is 42.4 Å². The Balaban J connectivity index is 1.40.